The summed E-state index contributed by atoms with van der Waals surface area (Å²) < 4.78 is 0. The Labute approximate surface area is 79.0 Å². The van der Waals surface area contributed by atoms with Crippen LogP contribution in [0.2, 0.25) is 0 Å². The smallest absolute Gasteiger partial charge is 0.310 e. The first-order chi connectivity index (χ1) is 6.00. The minimum absolute atomic E-state index is 0.198. The van der Waals surface area contributed by atoms with Crippen LogP contribution in [0.3, 0.4) is 0 Å². The maximum absolute atomic E-state index is 10.7. The van der Waals surface area contributed by atoms with E-state index in [4.69, 9.17) is 10.2 Å². The van der Waals surface area contributed by atoms with Crippen LogP contribution in [0.15, 0.2) is 0 Å². The lowest BCUT2D eigenvalue weighted by molar-refractivity contribution is -0.146. The Morgan fingerprint density at radius 3 is 2.46 bits per heavy atom. The molecule has 0 aromatic heterocycles. The summed E-state index contributed by atoms with van der Waals surface area (Å²) >= 11 is 0. The highest BCUT2D eigenvalue weighted by Crippen LogP contribution is 2.12. The van der Waals surface area contributed by atoms with E-state index in [1.54, 1.807) is 13.8 Å². The van der Waals surface area contributed by atoms with Gasteiger partial charge in [0.15, 0.2) is 0 Å². The minimum atomic E-state index is -0.790. The van der Waals surface area contributed by atoms with E-state index in [0.29, 0.717) is 6.54 Å². The van der Waals surface area contributed by atoms with Gasteiger partial charge in [-0.25, -0.2) is 0 Å². The minimum Gasteiger partial charge on any atom is -0.481 e. The molecule has 0 saturated carbocycles. The van der Waals surface area contributed by atoms with Crippen LogP contribution in [0.5, 0.6) is 0 Å². The quantitative estimate of drug-likeness (QED) is 0.509. The Bertz CT molecular complexity index is 157. The first-order valence-electron chi connectivity index (χ1n) is 4.55. The number of aliphatic hydroxyl groups is 1. The molecule has 0 amide bonds. The molecular formula is C9H19NO3. The van der Waals surface area contributed by atoms with Gasteiger partial charge >= 0.3 is 5.97 Å². The molecule has 13 heavy (non-hydrogen) atoms. The Kier molecular flexibility index (Phi) is 5.66. The summed E-state index contributed by atoms with van der Waals surface area (Å²) in [5.74, 6) is -0.790. The highest BCUT2D eigenvalue weighted by Gasteiger charge is 2.25. The van der Waals surface area contributed by atoms with Gasteiger partial charge in [0.2, 0.25) is 0 Å². The van der Waals surface area contributed by atoms with Crippen molar-refractivity contribution in [1.29, 1.82) is 0 Å². The monoisotopic (exact) mass is 189 g/mol. The molecule has 0 aromatic rings. The van der Waals surface area contributed by atoms with Crippen LogP contribution in [0.1, 0.15) is 26.7 Å². The SMILES string of the molecule is CC(C)(CNCCCCO)C(=O)O. The number of aliphatic carboxylic acids is 1. The van der Waals surface area contributed by atoms with Gasteiger partial charge in [-0.2, -0.15) is 0 Å². The number of hydrogen-bond acceptors (Lipinski definition) is 3. The normalized spacial score (nSPS) is 11.6. The van der Waals surface area contributed by atoms with Crippen LogP contribution in [0, 0.1) is 5.41 Å². The third kappa shape index (κ3) is 5.60. The predicted octanol–water partition coefficient (Wildman–Crippen LogP) is 0.459. The molecule has 4 heteroatoms. The largest absolute Gasteiger partial charge is 0.481 e. The average molecular weight is 189 g/mol. The molecule has 0 rings (SSSR count). The number of carbonyl (C=O) groups is 1. The van der Waals surface area contributed by atoms with Gasteiger partial charge in [-0.05, 0) is 33.2 Å². The molecule has 0 aliphatic rings. The second kappa shape index (κ2) is 5.94. The van der Waals surface area contributed by atoms with Crippen molar-refractivity contribution in [3.05, 3.63) is 0 Å². The van der Waals surface area contributed by atoms with E-state index < -0.39 is 11.4 Å². The van der Waals surface area contributed by atoms with Gasteiger partial charge in [-0.15, -0.1) is 0 Å². The van der Waals surface area contributed by atoms with Crippen molar-refractivity contribution in [2.24, 2.45) is 5.41 Å². The van der Waals surface area contributed by atoms with Gasteiger partial charge in [0, 0.05) is 13.2 Å². The molecule has 0 saturated heterocycles. The maximum Gasteiger partial charge on any atom is 0.310 e. The highest BCUT2D eigenvalue weighted by atomic mass is 16.4. The number of rotatable bonds is 7. The summed E-state index contributed by atoms with van der Waals surface area (Å²) in [7, 11) is 0. The molecule has 0 aromatic carbocycles. The number of carboxylic acids is 1. The van der Waals surface area contributed by atoms with Gasteiger partial charge < -0.3 is 15.5 Å². The summed E-state index contributed by atoms with van der Waals surface area (Å²) in [5.41, 5.74) is -0.709. The van der Waals surface area contributed by atoms with Gasteiger partial charge in [-0.3, -0.25) is 4.79 Å². The lowest BCUT2D eigenvalue weighted by Gasteiger charge is -2.19. The van der Waals surface area contributed by atoms with Crippen molar-refractivity contribution in [1.82, 2.24) is 5.32 Å². The molecule has 0 fully saturated rings. The molecular weight excluding hydrogens is 170 g/mol. The van der Waals surface area contributed by atoms with Crippen LogP contribution in [0.25, 0.3) is 0 Å². The Balaban J connectivity index is 3.46. The molecule has 0 bridgehead atoms. The van der Waals surface area contributed by atoms with Crippen molar-refractivity contribution in [3.8, 4) is 0 Å². The van der Waals surface area contributed by atoms with Gasteiger partial charge in [-0.1, -0.05) is 0 Å². The lowest BCUT2D eigenvalue weighted by Crippen LogP contribution is -2.36. The topological polar surface area (TPSA) is 69.6 Å². The average Bonchev–Trinajstić information content (AvgIpc) is 2.03. The Morgan fingerprint density at radius 1 is 1.38 bits per heavy atom. The summed E-state index contributed by atoms with van der Waals surface area (Å²) in [6, 6.07) is 0. The maximum atomic E-state index is 10.7. The fourth-order valence-electron chi connectivity index (χ4n) is 0.838. The first-order valence-corrected chi connectivity index (χ1v) is 4.55. The van der Waals surface area contributed by atoms with E-state index >= 15 is 0 Å². The Hall–Kier alpha value is -0.610. The number of carboxylic acid groups (broad SMARTS) is 1. The molecule has 3 N–H and O–H groups in total. The molecule has 0 atom stereocenters. The van der Waals surface area contributed by atoms with E-state index in [1.165, 1.54) is 0 Å². The third-order valence-electron chi connectivity index (χ3n) is 1.91. The van der Waals surface area contributed by atoms with Crippen LogP contribution >= 0.6 is 0 Å². The zero-order valence-electron chi connectivity index (χ0n) is 8.34. The highest BCUT2D eigenvalue weighted by molar-refractivity contribution is 5.73. The molecule has 0 unspecified atom stereocenters. The summed E-state index contributed by atoms with van der Waals surface area (Å²) in [5, 5.41) is 20.3. The van der Waals surface area contributed by atoms with E-state index in [-0.39, 0.29) is 6.61 Å². The molecule has 4 nitrogen and oxygen atoms in total. The Morgan fingerprint density at radius 2 is 2.00 bits per heavy atom. The number of nitrogens with one attached hydrogen (secondary N) is 1. The fourth-order valence-corrected chi connectivity index (χ4v) is 0.838. The van der Waals surface area contributed by atoms with E-state index in [1.807, 2.05) is 0 Å². The van der Waals surface area contributed by atoms with E-state index in [2.05, 4.69) is 5.32 Å². The van der Waals surface area contributed by atoms with Crippen LogP contribution in [-0.4, -0.2) is 35.9 Å². The van der Waals surface area contributed by atoms with Crippen LogP contribution < -0.4 is 5.32 Å². The fraction of sp³-hybridized carbons (Fsp3) is 0.889. The van der Waals surface area contributed by atoms with Crippen molar-refractivity contribution in [2.45, 2.75) is 26.7 Å². The van der Waals surface area contributed by atoms with Crippen molar-refractivity contribution in [2.75, 3.05) is 19.7 Å². The van der Waals surface area contributed by atoms with Crippen molar-refractivity contribution < 1.29 is 15.0 Å². The number of unbranched alkanes of at least 4 members (excludes halogenated alkanes) is 1. The molecule has 0 spiro atoms. The lowest BCUT2D eigenvalue weighted by atomic mass is 9.94. The second-order valence-corrected chi connectivity index (χ2v) is 3.80. The summed E-state index contributed by atoms with van der Waals surface area (Å²) in [6.07, 6.45) is 1.65. The predicted molar refractivity (Wildman–Crippen MR) is 50.6 cm³/mol. The standard InChI is InChI=1S/C9H19NO3/c1-9(2,8(12)13)7-10-5-3-4-6-11/h10-11H,3-7H2,1-2H3,(H,12,13). The van der Waals surface area contributed by atoms with Crippen molar-refractivity contribution >= 4 is 5.97 Å². The van der Waals surface area contributed by atoms with Crippen LogP contribution in [-0.2, 0) is 4.79 Å². The van der Waals surface area contributed by atoms with Gasteiger partial charge in [0.25, 0.3) is 0 Å². The summed E-state index contributed by atoms with van der Waals surface area (Å²) in [6.45, 7) is 4.80. The second-order valence-electron chi connectivity index (χ2n) is 3.80. The molecule has 0 heterocycles. The zero-order chi connectivity index (χ0) is 10.3. The van der Waals surface area contributed by atoms with Gasteiger partial charge in [0.1, 0.15) is 0 Å². The molecule has 0 aliphatic heterocycles. The van der Waals surface area contributed by atoms with E-state index in [9.17, 15) is 4.79 Å². The number of aliphatic hydroxyl groups excluding tert-OH is 1. The number of hydrogen-bond donors (Lipinski definition) is 3. The van der Waals surface area contributed by atoms with E-state index in [0.717, 1.165) is 19.4 Å². The zero-order valence-corrected chi connectivity index (χ0v) is 8.34. The molecule has 0 radical (unpaired) electrons. The van der Waals surface area contributed by atoms with Gasteiger partial charge in [0.05, 0.1) is 5.41 Å². The third-order valence-corrected chi connectivity index (χ3v) is 1.91. The first kappa shape index (κ1) is 12.4. The van der Waals surface area contributed by atoms with Crippen molar-refractivity contribution in [3.63, 3.8) is 0 Å². The summed E-state index contributed by atoms with van der Waals surface area (Å²) in [4.78, 5) is 10.7. The van der Waals surface area contributed by atoms with Crippen LogP contribution in [0.4, 0.5) is 0 Å². The molecule has 78 valence electrons. The molecule has 0 aliphatic carbocycles.